The van der Waals surface area contributed by atoms with Crippen molar-refractivity contribution in [1.29, 1.82) is 0 Å². The highest BCUT2D eigenvalue weighted by atomic mass is 19.1. The molecule has 2 atom stereocenters. The first-order valence-corrected chi connectivity index (χ1v) is 5.70. The Bertz CT molecular complexity index is 303. The third kappa shape index (κ3) is 2.14. The number of likely N-dealkylation sites (tertiary alicyclic amines) is 1. The topological polar surface area (TPSA) is 41.6 Å². The van der Waals surface area contributed by atoms with Gasteiger partial charge >= 0.3 is 6.09 Å². The molecule has 4 nitrogen and oxygen atoms in total. The molecule has 2 fully saturated rings. The van der Waals surface area contributed by atoms with Crippen molar-refractivity contribution >= 4 is 6.09 Å². The number of amides is 1. The lowest BCUT2D eigenvalue weighted by Crippen LogP contribution is -2.37. The second kappa shape index (κ2) is 3.58. The van der Waals surface area contributed by atoms with E-state index in [-0.39, 0.29) is 12.6 Å². The highest BCUT2D eigenvalue weighted by Crippen LogP contribution is 2.33. The fraction of sp³-hybridized carbons (Fsp3) is 0.909. The summed E-state index contributed by atoms with van der Waals surface area (Å²) in [6, 6.07) is -0.222. The molecule has 5 heteroatoms. The largest absolute Gasteiger partial charge is 0.444 e. The van der Waals surface area contributed by atoms with Gasteiger partial charge in [0.15, 0.2) is 0 Å². The summed E-state index contributed by atoms with van der Waals surface area (Å²) in [5.74, 6) is 0. The molecule has 0 aliphatic carbocycles. The van der Waals surface area contributed by atoms with Gasteiger partial charge in [-0.1, -0.05) is 0 Å². The van der Waals surface area contributed by atoms with Crippen molar-refractivity contribution in [2.45, 2.75) is 44.5 Å². The van der Waals surface area contributed by atoms with Crippen LogP contribution in [0.1, 0.15) is 27.2 Å². The molecule has 2 aliphatic heterocycles. The summed E-state index contributed by atoms with van der Waals surface area (Å²) in [6.07, 6.45) is 0.0671. The van der Waals surface area contributed by atoms with Gasteiger partial charge in [-0.2, -0.15) is 0 Å². The molecule has 0 bridgehead atoms. The summed E-state index contributed by atoms with van der Waals surface area (Å²) in [5, 5.41) is 3.08. The van der Waals surface area contributed by atoms with Crippen LogP contribution in [0.4, 0.5) is 9.18 Å². The number of hydrogen-bond acceptors (Lipinski definition) is 3. The number of halogens is 1. The number of carbonyl (C=O) groups is 1. The second-order valence-corrected chi connectivity index (χ2v) is 5.65. The molecule has 2 heterocycles. The fourth-order valence-corrected chi connectivity index (χ4v) is 2.30. The molecule has 1 N–H and O–H groups in total. The molecule has 2 saturated heterocycles. The molecule has 0 aromatic heterocycles. The van der Waals surface area contributed by atoms with E-state index in [2.05, 4.69) is 5.32 Å². The van der Waals surface area contributed by atoms with Crippen LogP contribution in [0.25, 0.3) is 0 Å². The van der Waals surface area contributed by atoms with E-state index in [0.717, 1.165) is 0 Å². The predicted octanol–water partition coefficient (Wildman–Crippen LogP) is 1.31. The molecule has 0 aromatic carbocycles. The smallest absolute Gasteiger partial charge is 0.410 e. The monoisotopic (exact) mass is 230 g/mol. The number of carbonyl (C=O) groups excluding carboxylic acids is 1. The molecule has 2 aliphatic rings. The van der Waals surface area contributed by atoms with Crippen LogP contribution in [0.5, 0.6) is 0 Å². The van der Waals surface area contributed by atoms with Crippen LogP contribution in [-0.2, 0) is 4.74 Å². The van der Waals surface area contributed by atoms with Crippen LogP contribution in [0, 0.1) is 0 Å². The minimum Gasteiger partial charge on any atom is -0.444 e. The van der Waals surface area contributed by atoms with Crippen LogP contribution in [0.2, 0.25) is 0 Å². The van der Waals surface area contributed by atoms with Gasteiger partial charge in [0.1, 0.15) is 11.3 Å². The van der Waals surface area contributed by atoms with Crippen LogP contribution >= 0.6 is 0 Å². The lowest BCUT2D eigenvalue weighted by atomic mass is 10.0. The third-order valence-electron chi connectivity index (χ3n) is 3.06. The summed E-state index contributed by atoms with van der Waals surface area (Å²) in [7, 11) is 0. The molecule has 2 unspecified atom stereocenters. The molecule has 0 radical (unpaired) electrons. The number of ether oxygens (including phenoxy) is 1. The number of alkyl halides is 1. The second-order valence-electron chi connectivity index (χ2n) is 5.65. The first kappa shape index (κ1) is 11.6. The Morgan fingerprint density at radius 3 is 2.81 bits per heavy atom. The minimum atomic E-state index is -1.25. The van der Waals surface area contributed by atoms with E-state index >= 15 is 0 Å². The number of nitrogens with one attached hydrogen (secondary N) is 1. The van der Waals surface area contributed by atoms with Crippen LogP contribution in [0.15, 0.2) is 0 Å². The number of rotatable bonds is 0. The van der Waals surface area contributed by atoms with Crippen molar-refractivity contribution in [2.24, 2.45) is 0 Å². The Morgan fingerprint density at radius 2 is 2.25 bits per heavy atom. The summed E-state index contributed by atoms with van der Waals surface area (Å²) in [6.45, 7) is 6.69. The Balaban J connectivity index is 1.97. The molecular formula is C11H19FN2O2. The van der Waals surface area contributed by atoms with E-state index in [4.69, 9.17) is 4.74 Å². The molecule has 92 valence electrons. The normalized spacial score (nSPS) is 34.0. The van der Waals surface area contributed by atoms with Gasteiger partial charge in [0, 0.05) is 6.54 Å². The van der Waals surface area contributed by atoms with Crippen molar-refractivity contribution < 1.29 is 13.9 Å². The average molecular weight is 230 g/mol. The lowest BCUT2D eigenvalue weighted by Gasteiger charge is -2.25. The zero-order valence-electron chi connectivity index (χ0n) is 10.0. The van der Waals surface area contributed by atoms with E-state index in [9.17, 15) is 9.18 Å². The molecule has 2 rings (SSSR count). The first-order valence-electron chi connectivity index (χ1n) is 5.70. The Kier molecular flexibility index (Phi) is 2.61. The molecule has 0 saturated carbocycles. The van der Waals surface area contributed by atoms with E-state index in [1.165, 1.54) is 4.90 Å². The molecular weight excluding hydrogens is 211 g/mol. The maximum Gasteiger partial charge on any atom is 0.410 e. The van der Waals surface area contributed by atoms with Gasteiger partial charge in [-0.3, -0.25) is 0 Å². The zero-order valence-corrected chi connectivity index (χ0v) is 10.0. The molecule has 16 heavy (non-hydrogen) atoms. The standard InChI is InChI=1S/C11H19FN2O2/c1-10(2,3)16-9(15)14-6-8-11(12,7-14)4-5-13-8/h8,13H,4-7H2,1-3H3. The Morgan fingerprint density at radius 1 is 1.56 bits per heavy atom. The van der Waals surface area contributed by atoms with Crippen LogP contribution in [-0.4, -0.2) is 47.9 Å². The summed E-state index contributed by atoms with van der Waals surface area (Å²) < 4.78 is 19.5. The fourth-order valence-electron chi connectivity index (χ4n) is 2.30. The maximum absolute atomic E-state index is 14.2. The first-order chi connectivity index (χ1) is 7.30. The van der Waals surface area contributed by atoms with Gasteiger partial charge in [0.25, 0.3) is 0 Å². The molecule has 1 amide bonds. The van der Waals surface area contributed by atoms with E-state index < -0.39 is 17.4 Å². The third-order valence-corrected chi connectivity index (χ3v) is 3.06. The number of fused-ring (bicyclic) bond motifs is 1. The van der Waals surface area contributed by atoms with Crippen molar-refractivity contribution in [3.05, 3.63) is 0 Å². The van der Waals surface area contributed by atoms with Gasteiger partial charge in [-0.25, -0.2) is 9.18 Å². The van der Waals surface area contributed by atoms with Crippen LogP contribution < -0.4 is 5.32 Å². The minimum absolute atomic E-state index is 0.152. The predicted molar refractivity (Wildman–Crippen MR) is 58.1 cm³/mol. The highest BCUT2D eigenvalue weighted by molar-refractivity contribution is 5.69. The molecule has 0 aromatic rings. The quantitative estimate of drug-likeness (QED) is 0.682. The van der Waals surface area contributed by atoms with Crippen LogP contribution in [0.3, 0.4) is 0 Å². The Labute approximate surface area is 95.1 Å². The summed E-state index contributed by atoms with van der Waals surface area (Å²) in [5.41, 5.74) is -1.78. The maximum atomic E-state index is 14.2. The number of hydrogen-bond donors (Lipinski definition) is 1. The van der Waals surface area contributed by atoms with Crippen molar-refractivity contribution in [1.82, 2.24) is 10.2 Å². The average Bonchev–Trinajstić information content (AvgIpc) is 2.55. The van der Waals surface area contributed by atoms with Gasteiger partial charge in [0.2, 0.25) is 0 Å². The van der Waals surface area contributed by atoms with Crippen molar-refractivity contribution in [2.75, 3.05) is 19.6 Å². The van der Waals surface area contributed by atoms with Gasteiger partial charge in [-0.15, -0.1) is 0 Å². The molecule has 0 spiro atoms. The summed E-state index contributed by atoms with van der Waals surface area (Å²) in [4.78, 5) is 13.2. The van der Waals surface area contributed by atoms with Gasteiger partial charge in [0.05, 0.1) is 12.6 Å². The Hall–Kier alpha value is -0.840. The van der Waals surface area contributed by atoms with E-state index in [0.29, 0.717) is 19.5 Å². The van der Waals surface area contributed by atoms with E-state index in [1.807, 2.05) is 20.8 Å². The lowest BCUT2D eigenvalue weighted by molar-refractivity contribution is 0.0256. The van der Waals surface area contributed by atoms with Gasteiger partial charge in [-0.05, 0) is 33.7 Å². The summed E-state index contributed by atoms with van der Waals surface area (Å²) >= 11 is 0. The zero-order chi connectivity index (χ0) is 12.0. The van der Waals surface area contributed by atoms with Crippen molar-refractivity contribution in [3.8, 4) is 0 Å². The van der Waals surface area contributed by atoms with Crippen molar-refractivity contribution in [3.63, 3.8) is 0 Å². The van der Waals surface area contributed by atoms with E-state index in [1.54, 1.807) is 0 Å². The van der Waals surface area contributed by atoms with Gasteiger partial charge < -0.3 is 15.0 Å². The SMILES string of the molecule is CC(C)(C)OC(=O)N1CC2NCCC2(F)C1. The number of nitrogens with zero attached hydrogens (tertiary/aromatic N) is 1. The highest BCUT2D eigenvalue weighted by Gasteiger charge is 2.52.